The number of rotatable bonds is 3. The molecule has 0 radical (unpaired) electrons. The summed E-state index contributed by atoms with van der Waals surface area (Å²) in [4.78, 5) is 0. The van der Waals surface area contributed by atoms with Gasteiger partial charge in [-0.1, -0.05) is 0 Å². The summed E-state index contributed by atoms with van der Waals surface area (Å²) in [6.07, 6.45) is -4.93. The first kappa shape index (κ1) is 11.5. The van der Waals surface area contributed by atoms with E-state index < -0.39 is 24.8 Å². The highest BCUT2D eigenvalue weighted by Gasteiger charge is 2.31. The minimum absolute atomic E-state index is 0.378. The highest BCUT2D eigenvalue weighted by Crippen LogP contribution is 2.27. The first-order valence-corrected chi connectivity index (χ1v) is 3.66. The van der Waals surface area contributed by atoms with Gasteiger partial charge in [-0.15, -0.1) is 13.2 Å². The van der Waals surface area contributed by atoms with Gasteiger partial charge in [0, 0.05) is 18.2 Å². The normalized spacial score (nSPS) is 11.3. The Morgan fingerprint density at radius 2 is 1.67 bits per heavy atom. The van der Waals surface area contributed by atoms with Crippen molar-refractivity contribution in [1.82, 2.24) is 0 Å². The van der Waals surface area contributed by atoms with Crippen LogP contribution in [0.3, 0.4) is 0 Å². The van der Waals surface area contributed by atoms with Crippen LogP contribution in [0.1, 0.15) is 0 Å². The summed E-state index contributed by atoms with van der Waals surface area (Å²) in [5.41, 5.74) is 0. The average Bonchev–Trinajstić information content (AvgIpc) is 1.99. The maximum absolute atomic E-state index is 12.7. The van der Waals surface area contributed by atoms with Crippen LogP contribution in [0, 0.1) is 5.82 Å². The first-order chi connectivity index (χ1) is 6.90. The lowest BCUT2D eigenvalue weighted by Crippen LogP contribution is -2.17. The minimum atomic E-state index is -4.93. The molecule has 1 rings (SSSR count). The molecule has 0 fully saturated rings. The fourth-order valence-corrected chi connectivity index (χ4v) is 0.876. The van der Waals surface area contributed by atoms with E-state index in [1.54, 1.807) is 0 Å². The predicted molar refractivity (Wildman–Crippen MR) is 39.7 cm³/mol. The van der Waals surface area contributed by atoms with Gasteiger partial charge in [-0.25, -0.2) is 8.78 Å². The largest absolute Gasteiger partial charge is 0.573 e. The molecule has 0 heterocycles. The maximum Gasteiger partial charge on any atom is 0.573 e. The van der Waals surface area contributed by atoms with Gasteiger partial charge < -0.3 is 9.47 Å². The van der Waals surface area contributed by atoms with Crippen LogP contribution >= 0.6 is 0 Å². The molecule has 2 nitrogen and oxygen atoms in total. The van der Waals surface area contributed by atoms with E-state index in [4.69, 9.17) is 0 Å². The van der Waals surface area contributed by atoms with Crippen molar-refractivity contribution in [3.05, 3.63) is 24.0 Å². The third-order valence-electron chi connectivity index (χ3n) is 1.30. The standard InChI is InChI=1S/C8H5F5O2/c9-4-14-6-1-5(10)2-7(3-6)15-8(11,12)13/h1-3H,4H2. The zero-order chi connectivity index (χ0) is 11.5. The van der Waals surface area contributed by atoms with Gasteiger partial charge >= 0.3 is 6.36 Å². The zero-order valence-electron chi connectivity index (χ0n) is 7.15. The van der Waals surface area contributed by atoms with Crippen LogP contribution in [-0.2, 0) is 0 Å². The van der Waals surface area contributed by atoms with E-state index in [0.717, 1.165) is 12.1 Å². The monoisotopic (exact) mass is 228 g/mol. The summed E-state index contributed by atoms with van der Waals surface area (Å²) >= 11 is 0. The average molecular weight is 228 g/mol. The molecule has 0 atom stereocenters. The topological polar surface area (TPSA) is 18.5 Å². The van der Waals surface area contributed by atoms with E-state index in [9.17, 15) is 22.0 Å². The Bertz CT molecular complexity index is 336. The lowest BCUT2D eigenvalue weighted by molar-refractivity contribution is -0.274. The molecule has 0 amide bonds. The van der Waals surface area contributed by atoms with Gasteiger partial charge in [-0.05, 0) is 0 Å². The highest BCUT2D eigenvalue weighted by atomic mass is 19.4. The Labute approximate surface area is 81.2 Å². The molecule has 1 aromatic carbocycles. The van der Waals surface area contributed by atoms with Crippen molar-refractivity contribution in [2.75, 3.05) is 6.86 Å². The van der Waals surface area contributed by atoms with Gasteiger partial charge in [0.05, 0.1) is 0 Å². The molecule has 0 unspecified atom stereocenters. The molecule has 0 aliphatic rings. The third-order valence-corrected chi connectivity index (χ3v) is 1.30. The number of ether oxygens (including phenoxy) is 2. The lowest BCUT2D eigenvalue weighted by Gasteiger charge is -2.10. The summed E-state index contributed by atoms with van der Waals surface area (Å²) in [6, 6.07) is 1.98. The summed E-state index contributed by atoms with van der Waals surface area (Å²) in [7, 11) is 0. The van der Waals surface area contributed by atoms with Crippen LogP contribution in [0.4, 0.5) is 22.0 Å². The summed E-state index contributed by atoms with van der Waals surface area (Å²) in [5, 5.41) is 0. The number of alkyl halides is 4. The number of hydrogen-bond acceptors (Lipinski definition) is 2. The van der Waals surface area contributed by atoms with Crippen LogP contribution in [0.15, 0.2) is 18.2 Å². The van der Waals surface area contributed by atoms with Gasteiger partial charge in [-0.3, -0.25) is 0 Å². The van der Waals surface area contributed by atoms with Crippen molar-refractivity contribution < 1.29 is 31.4 Å². The van der Waals surface area contributed by atoms with E-state index in [2.05, 4.69) is 9.47 Å². The van der Waals surface area contributed by atoms with Gasteiger partial charge in [0.25, 0.3) is 0 Å². The van der Waals surface area contributed by atoms with Gasteiger partial charge in [0.15, 0.2) is 0 Å². The first-order valence-electron chi connectivity index (χ1n) is 3.66. The molecule has 0 spiro atoms. The van der Waals surface area contributed by atoms with E-state index in [1.807, 2.05) is 0 Å². The summed E-state index contributed by atoms with van der Waals surface area (Å²) in [5.74, 6) is -2.19. The molecule has 0 aliphatic carbocycles. The number of halogens is 5. The van der Waals surface area contributed by atoms with E-state index in [-0.39, 0.29) is 5.75 Å². The smallest absolute Gasteiger partial charge is 0.463 e. The van der Waals surface area contributed by atoms with Crippen molar-refractivity contribution >= 4 is 0 Å². The molecule has 0 aliphatic heterocycles. The van der Waals surface area contributed by atoms with Crippen molar-refractivity contribution in [1.29, 1.82) is 0 Å². The highest BCUT2D eigenvalue weighted by molar-refractivity contribution is 5.34. The molecular formula is C8H5F5O2. The SMILES string of the molecule is FCOc1cc(F)cc(OC(F)(F)F)c1. The molecule has 0 N–H and O–H groups in total. The van der Waals surface area contributed by atoms with E-state index in [1.165, 1.54) is 0 Å². The maximum atomic E-state index is 12.7. The van der Waals surface area contributed by atoms with Gasteiger partial charge in [0.2, 0.25) is 6.86 Å². The molecular weight excluding hydrogens is 223 g/mol. The Morgan fingerprint density at radius 1 is 1.07 bits per heavy atom. The van der Waals surface area contributed by atoms with Crippen LogP contribution in [0.2, 0.25) is 0 Å². The summed E-state index contributed by atoms with van der Waals surface area (Å²) < 4.78 is 67.2. The molecule has 0 bridgehead atoms. The van der Waals surface area contributed by atoms with Crippen molar-refractivity contribution in [2.45, 2.75) is 6.36 Å². The fourth-order valence-electron chi connectivity index (χ4n) is 0.876. The second-order valence-corrected chi connectivity index (χ2v) is 2.42. The third kappa shape index (κ3) is 4.01. The van der Waals surface area contributed by atoms with Crippen molar-refractivity contribution in [2.24, 2.45) is 0 Å². The van der Waals surface area contributed by atoms with Crippen LogP contribution in [0.5, 0.6) is 11.5 Å². The number of benzene rings is 1. The van der Waals surface area contributed by atoms with Crippen LogP contribution in [0.25, 0.3) is 0 Å². The van der Waals surface area contributed by atoms with Crippen molar-refractivity contribution in [3.8, 4) is 11.5 Å². The van der Waals surface area contributed by atoms with Crippen LogP contribution in [-0.4, -0.2) is 13.2 Å². The zero-order valence-corrected chi connectivity index (χ0v) is 7.15. The second kappa shape index (κ2) is 4.33. The molecule has 15 heavy (non-hydrogen) atoms. The Balaban J connectivity index is 2.88. The van der Waals surface area contributed by atoms with Crippen LogP contribution < -0.4 is 9.47 Å². The molecule has 0 saturated carbocycles. The minimum Gasteiger partial charge on any atom is -0.463 e. The molecule has 1 aromatic rings. The summed E-state index contributed by atoms with van der Waals surface area (Å²) in [6.45, 7) is -1.27. The van der Waals surface area contributed by atoms with Crippen molar-refractivity contribution in [3.63, 3.8) is 0 Å². The molecule has 0 saturated heterocycles. The number of hydrogen-bond donors (Lipinski definition) is 0. The Morgan fingerprint density at radius 3 is 2.20 bits per heavy atom. The predicted octanol–water partition coefficient (Wildman–Crippen LogP) is 3.03. The van der Waals surface area contributed by atoms with Gasteiger partial charge in [-0.2, -0.15) is 0 Å². The Kier molecular flexibility index (Phi) is 3.33. The lowest BCUT2D eigenvalue weighted by atomic mass is 10.3. The second-order valence-electron chi connectivity index (χ2n) is 2.42. The van der Waals surface area contributed by atoms with E-state index in [0.29, 0.717) is 6.07 Å². The fraction of sp³-hybridized carbons (Fsp3) is 0.250. The molecule has 7 heteroatoms. The van der Waals surface area contributed by atoms with E-state index >= 15 is 0 Å². The molecule has 0 aromatic heterocycles. The van der Waals surface area contributed by atoms with Gasteiger partial charge in [0.1, 0.15) is 17.3 Å². The Hall–Kier alpha value is -1.53. The molecule has 84 valence electrons. The quantitative estimate of drug-likeness (QED) is 0.740.